The number of nitriles is 1. The lowest BCUT2D eigenvalue weighted by Gasteiger charge is -2.11. The highest BCUT2D eigenvalue weighted by molar-refractivity contribution is 5.33. The Bertz CT molecular complexity index is 921. The third kappa shape index (κ3) is 2.48. The predicted octanol–water partition coefficient (Wildman–Crippen LogP) is 0.557. The zero-order valence-electron chi connectivity index (χ0n) is 13.3. The molecule has 3 heterocycles. The summed E-state index contributed by atoms with van der Waals surface area (Å²) in [5.74, 6) is 0.610. The fourth-order valence-corrected chi connectivity index (χ4v) is 2.64. The van der Waals surface area contributed by atoms with Gasteiger partial charge in [0.05, 0.1) is 0 Å². The summed E-state index contributed by atoms with van der Waals surface area (Å²) >= 11 is 0. The molecule has 0 aromatic carbocycles. The van der Waals surface area contributed by atoms with E-state index >= 15 is 0 Å². The average molecular weight is 315 g/mol. The molecule has 3 rings (SSSR count). The summed E-state index contributed by atoms with van der Waals surface area (Å²) in [7, 11) is 0. The lowest BCUT2D eigenvalue weighted by atomic mass is 9.97. The van der Waals surface area contributed by atoms with E-state index in [2.05, 4.69) is 10.2 Å². The van der Waals surface area contributed by atoms with E-state index in [1.807, 2.05) is 26.8 Å². The Morgan fingerprint density at radius 1 is 1.30 bits per heavy atom. The normalized spacial score (nSPS) is 13.8. The molecule has 2 aromatic rings. The van der Waals surface area contributed by atoms with Crippen molar-refractivity contribution in [2.24, 2.45) is 0 Å². The van der Waals surface area contributed by atoms with Gasteiger partial charge in [0, 0.05) is 17.7 Å². The van der Waals surface area contributed by atoms with Crippen molar-refractivity contribution in [3.8, 4) is 6.07 Å². The zero-order chi connectivity index (χ0) is 16.8. The SMILES string of the molecule is CC(C)(C)c1nnc(Cn2c(=O)c(C#N)c3n(c2=O)CCC3)o1. The van der Waals surface area contributed by atoms with Gasteiger partial charge in [0.15, 0.2) is 0 Å². The van der Waals surface area contributed by atoms with Crippen LogP contribution in [0.3, 0.4) is 0 Å². The lowest BCUT2D eigenvalue weighted by molar-refractivity contribution is 0.363. The van der Waals surface area contributed by atoms with Crippen LogP contribution in [-0.4, -0.2) is 19.3 Å². The summed E-state index contributed by atoms with van der Waals surface area (Å²) in [6.07, 6.45) is 1.32. The van der Waals surface area contributed by atoms with E-state index in [0.29, 0.717) is 24.6 Å². The van der Waals surface area contributed by atoms with Crippen molar-refractivity contribution in [3.63, 3.8) is 0 Å². The van der Waals surface area contributed by atoms with Gasteiger partial charge in [-0.05, 0) is 12.8 Å². The number of hydrogen-bond acceptors (Lipinski definition) is 6. The average Bonchev–Trinajstić information content (AvgIpc) is 3.12. The number of hydrogen-bond donors (Lipinski definition) is 0. The fraction of sp³-hybridized carbons (Fsp3) is 0.533. The van der Waals surface area contributed by atoms with E-state index in [1.165, 1.54) is 4.57 Å². The van der Waals surface area contributed by atoms with Crippen molar-refractivity contribution < 1.29 is 4.42 Å². The molecule has 8 nitrogen and oxygen atoms in total. The molecule has 23 heavy (non-hydrogen) atoms. The smallest absolute Gasteiger partial charge is 0.331 e. The number of fused-ring (bicyclic) bond motifs is 1. The molecule has 0 atom stereocenters. The van der Waals surface area contributed by atoms with E-state index in [9.17, 15) is 14.9 Å². The van der Waals surface area contributed by atoms with Crippen LogP contribution >= 0.6 is 0 Å². The van der Waals surface area contributed by atoms with Crippen LogP contribution in [-0.2, 0) is 24.9 Å². The summed E-state index contributed by atoms with van der Waals surface area (Å²) in [5.41, 5.74) is -0.795. The predicted molar refractivity (Wildman–Crippen MR) is 80.1 cm³/mol. The minimum Gasteiger partial charge on any atom is -0.423 e. The molecule has 120 valence electrons. The Hall–Kier alpha value is -2.69. The van der Waals surface area contributed by atoms with Crippen LogP contribution in [0.4, 0.5) is 0 Å². The molecule has 0 amide bonds. The minimum absolute atomic E-state index is 0.0256. The molecule has 0 spiro atoms. The molecule has 0 radical (unpaired) electrons. The van der Waals surface area contributed by atoms with Crippen molar-refractivity contribution in [2.75, 3.05) is 0 Å². The summed E-state index contributed by atoms with van der Waals surface area (Å²) in [5, 5.41) is 17.1. The largest absolute Gasteiger partial charge is 0.423 e. The Morgan fingerprint density at radius 2 is 2.04 bits per heavy atom. The van der Waals surface area contributed by atoms with Crippen LogP contribution in [0.2, 0.25) is 0 Å². The van der Waals surface area contributed by atoms with E-state index < -0.39 is 11.2 Å². The van der Waals surface area contributed by atoms with Crippen molar-refractivity contribution in [3.05, 3.63) is 43.9 Å². The molecular formula is C15H17N5O3. The lowest BCUT2D eigenvalue weighted by Crippen LogP contribution is -2.42. The zero-order valence-corrected chi connectivity index (χ0v) is 13.3. The van der Waals surface area contributed by atoms with E-state index in [-0.39, 0.29) is 23.4 Å². The maximum Gasteiger partial charge on any atom is 0.331 e. The van der Waals surface area contributed by atoms with Crippen molar-refractivity contribution in [2.45, 2.75) is 52.1 Å². The van der Waals surface area contributed by atoms with Crippen LogP contribution in [0.25, 0.3) is 0 Å². The quantitative estimate of drug-likeness (QED) is 0.801. The number of rotatable bonds is 2. The molecule has 8 heteroatoms. The van der Waals surface area contributed by atoms with Gasteiger partial charge in [-0.25, -0.2) is 9.36 Å². The molecule has 0 saturated heterocycles. The first-order valence-corrected chi connectivity index (χ1v) is 7.42. The summed E-state index contributed by atoms with van der Waals surface area (Å²) in [4.78, 5) is 24.9. The Labute approximate surface area is 132 Å². The number of aromatic nitrogens is 4. The minimum atomic E-state index is -0.596. The topological polar surface area (TPSA) is 107 Å². The van der Waals surface area contributed by atoms with Gasteiger partial charge in [-0.15, -0.1) is 10.2 Å². The molecule has 1 aliphatic heterocycles. The summed E-state index contributed by atoms with van der Waals surface area (Å²) < 4.78 is 8.02. The monoisotopic (exact) mass is 315 g/mol. The molecule has 0 unspecified atom stereocenters. The highest BCUT2D eigenvalue weighted by Crippen LogP contribution is 2.20. The van der Waals surface area contributed by atoms with Gasteiger partial charge in [0.25, 0.3) is 5.56 Å². The van der Waals surface area contributed by atoms with Crippen molar-refractivity contribution in [1.29, 1.82) is 5.26 Å². The van der Waals surface area contributed by atoms with Crippen LogP contribution < -0.4 is 11.2 Å². The van der Waals surface area contributed by atoms with Gasteiger partial charge in [0.1, 0.15) is 18.2 Å². The Kier molecular flexibility index (Phi) is 3.43. The Morgan fingerprint density at radius 3 is 2.65 bits per heavy atom. The van der Waals surface area contributed by atoms with E-state index in [1.54, 1.807) is 0 Å². The van der Waals surface area contributed by atoms with Gasteiger partial charge in [-0.1, -0.05) is 20.8 Å². The molecule has 0 fully saturated rings. The maximum atomic E-state index is 12.5. The first kappa shape index (κ1) is 15.2. The third-order valence-corrected chi connectivity index (χ3v) is 3.84. The van der Waals surface area contributed by atoms with Crippen LogP contribution in [0.5, 0.6) is 0 Å². The van der Waals surface area contributed by atoms with Crippen LogP contribution in [0, 0.1) is 11.3 Å². The van der Waals surface area contributed by atoms with Crippen LogP contribution in [0.15, 0.2) is 14.0 Å². The van der Waals surface area contributed by atoms with E-state index in [4.69, 9.17) is 4.42 Å². The number of nitrogens with zero attached hydrogens (tertiary/aromatic N) is 5. The third-order valence-electron chi connectivity index (χ3n) is 3.84. The summed E-state index contributed by atoms with van der Waals surface area (Å²) in [6, 6.07) is 1.92. The second kappa shape index (κ2) is 5.19. The van der Waals surface area contributed by atoms with Crippen molar-refractivity contribution >= 4 is 0 Å². The Balaban J connectivity index is 2.08. The van der Waals surface area contributed by atoms with Gasteiger partial charge in [-0.3, -0.25) is 9.36 Å². The van der Waals surface area contributed by atoms with Gasteiger partial charge in [0.2, 0.25) is 11.8 Å². The first-order valence-electron chi connectivity index (χ1n) is 7.42. The highest BCUT2D eigenvalue weighted by Gasteiger charge is 2.25. The van der Waals surface area contributed by atoms with Gasteiger partial charge in [-0.2, -0.15) is 5.26 Å². The van der Waals surface area contributed by atoms with Gasteiger partial charge >= 0.3 is 5.69 Å². The molecule has 1 aliphatic rings. The molecule has 0 aliphatic carbocycles. The van der Waals surface area contributed by atoms with Gasteiger partial charge < -0.3 is 4.42 Å². The standard InChI is InChI=1S/C15H17N5O3/c1-15(2,3)13-18-17-11(23-13)8-20-12(21)9(7-16)10-5-4-6-19(10)14(20)22/h4-6,8H2,1-3H3. The summed E-state index contributed by atoms with van der Waals surface area (Å²) in [6.45, 7) is 6.16. The molecule has 0 N–H and O–H groups in total. The van der Waals surface area contributed by atoms with Crippen molar-refractivity contribution in [1.82, 2.24) is 19.3 Å². The molecule has 0 bridgehead atoms. The van der Waals surface area contributed by atoms with Crippen LogP contribution in [0.1, 0.15) is 50.2 Å². The highest BCUT2D eigenvalue weighted by atomic mass is 16.4. The van der Waals surface area contributed by atoms with E-state index in [0.717, 1.165) is 11.0 Å². The second-order valence-electron chi connectivity index (χ2n) is 6.61. The maximum absolute atomic E-state index is 12.5. The molecule has 2 aromatic heterocycles. The fourth-order valence-electron chi connectivity index (χ4n) is 2.64. The second-order valence-corrected chi connectivity index (χ2v) is 6.61. The first-order chi connectivity index (χ1) is 10.8. The molecule has 0 saturated carbocycles. The molecular weight excluding hydrogens is 298 g/mol.